The summed E-state index contributed by atoms with van der Waals surface area (Å²) in [5, 5.41) is 3.56. The summed E-state index contributed by atoms with van der Waals surface area (Å²) in [6.45, 7) is 10.5. The summed E-state index contributed by atoms with van der Waals surface area (Å²) in [7, 11) is 2.12. The van der Waals surface area contributed by atoms with Crippen LogP contribution in [0, 0.1) is 0 Å². The van der Waals surface area contributed by atoms with E-state index in [1.807, 2.05) is 36.9 Å². The summed E-state index contributed by atoms with van der Waals surface area (Å²) in [6.07, 6.45) is 0.916. The first-order chi connectivity index (χ1) is 16.5. The van der Waals surface area contributed by atoms with Crippen molar-refractivity contribution in [1.29, 1.82) is 0 Å². The second-order valence-corrected chi connectivity index (χ2v) is 9.19. The Morgan fingerprint density at radius 1 is 1.12 bits per heavy atom. The molecule has 7 heteroatoms. The van der Waals surface area contributed by atoms with E-state index in [1.165, 1.54) is 28.1 Å². The lowest BCUT2D eigenvalue weighted by molar-refractivity contribution is 0.0773. The van der Waals surface area contributed by atoms with E-state index in [2.05, 4.69) is 47.3 Å². The predicted molar refractivity (Wildman–Crippen MR) is 132 cm³/mol. The number of benzene rings is 2. The lowest BCUT2D eigenvalue weighted by Gasteiger charge is -2.38. The molecule has 1 atom stereocenters. The van der Waals surface area contributed by atoms with Crippen LogP contribution in [0.15, 0.2) is 47.8 Å². The molecule has 3 aliphatic heterocycles. The standard InChI is InChI=1S/C27H34N4O3/c1-5-30(6-2)27(32)20-9-7-19(8-10-20)25-21-11-12-24-26(34-17-33-24)22(21)13-14-31(25)15-23-18(3)29(4)16-28-23/h7-12,25,28H,5-6,13-17H2,1-4H3. The van der Waals surface area contributed by atoms with Crippen molar-refractivity contribution in [1.82, 2.24) is 20.0 Å². The van der Waals surface area contributed by atoms with Gasteiger partial charge in [0.25, 0.3) is 5.91 Å². The Morgan fingerprint density at radius 2 is 1.88 bits per heavy atom. The molecule has 1 amide bonds. The van der Waals surface area contributed by atoms with Gasteiger partial charge in [0.15, 0.2) is 11.5 Å². The average Bonchev–Trinajstić information content (AvgIpc) is 3.47. The SMILES string of the molecule is CCN(CC)C(=O)c1ccc(C2c3ccc4c(c3CCN2CC2=C(C)N(C)CN2)OCO4)cc1. The van der Waals surface area contributed by atoms with Gasteiger partial charge in [0.1, 0.15) is 0 Å². The Bertz CT molecular complexity index is 1110. The van der Waals surface area contributed by atoms with Gasteiger partial charge in [0, 0.05) is 55.7 Å². The first-order valence-electron chi connectivity index (χ1n) is 12.2. The molecule has 0 fully saturated rings. The summed E-state index contributed by atoms with van der Waals surface area (Å²) in [5.74, 6) is 1.81. The molecular weight excluding hydrogens is 428 g/mol. The van der Waals surface area contributed by atoms with Crippen LogP contribution in [0.2, 0.25) is 0 Å². The number of allylic oxidation sites excluding steroid dienone is 1. The van der Waals surface area contributed by atoms with Gasteiger partial charge in [-0.25, -0.2) is 0 Å². The molecule has 180 valence electrons. The monoisotopic (exact) mass is 462 g/mol. The molecule has 0 spiro atoms. The molecule has 34 heavy (non-hydrogen) atoms. The lowest BCUT2D eigenvalue weighted by atomic mass is 9.87. The number of ether oxygens (including phenoxy) is 2. The van der Waals surface area contributed by atoms with Crippen molar-refractivity contribution in [3.8, 4) is 11.5 Å². The third-order valence-electron chi connectivity index (χ3n) is 7.41. The molecule has 0 aromatic heterocycles. The van der Waals surface area contributed by atoms with Gasteiger partial charge >= 0.3 is 0 Å². The van der Waals surface area contributed by atoms with Gasteiger partial charge in [-0.1, -0.05) is 18.2 Å². The fourth-order valence-corrected chi connectivity index (χ4v) is 5.27. The molecule has 7 nitrogen and oxygen atoms in total. The van der Waals surface area contributed by atoms with Crippen molar-refractivity contribution in [2.75, 3.05) is 46.7 Å². The zero-order valence-electron chi connectivity index (χ0n) is 20.6. The van der Waals surface area contributed by atoms with E-state index in [1.54, 1.807) is 0 Å². The number of nitrogens with one attached hydrogen (secondary N) is 1. The summed E-state index contributed by atoms with van der Waals surface area (Å²) < 4.78 is 11.5. The van der Waals surface area contributed by atoms with Gasteiger partial charge in [-0.3, -0.25) is 9.69 Å². The van der Waals surface area contributed by atoms with Gasteiger partial charge in [-0.15, -0.1) is 0 Å². The van der Waals surface area contributed by atoms with Crippen LogP contribution in [-0.4, -0.2) is 67.3 Å². The largest absolute Gasteiger partial charge is 0.454 e. The number of carbonyl (C=O) groups excluding carboxylic acids is 1. The van der Waals surface area contributed by atoms with Crippen LogP contribution in [0.1, 0.15) is 53.9 Å². The minimum atomic E-state index is 0.0730. The van der Waals surface area contributed by atoms with Crippen molar-refractivity contribution >= 4 is 5.91 Å². The Labute approximate surface area is 201 Å². The van der Waals surface area contributed by atoms with Gasteiger partial charge in [0.05, 0.1) is 12.7 Å². The van der Waals surface area contributed by atoms with Crippen LogP contribution in [0.3, 0.4) is 0 Å². The van der Waals surface area contributed by atoms with Gasteiger partial charge in [-0.2, -0.15) is 0 Å². The number of amides is 1. The quantitative estimate of drug-likeness (QED) is 0.708. The second-order valence-electron chi connectivity index (χ2n) is 9.19. The molecule has 0 saturated carbocycles. The smallest absolute Gasteiger partial charge is 0.253 e. The van der Waals surface area contributed by atoms with E-state index in [0.717, 1.165) is 43.2 Å². The van der Waals surface area contributed by atoms with E-state index < -0.39 is 0 Å². The molecule has 1 N–H and O–H groups in total. The first-order valence-corrected chi connectivity index (χ1v) is 12.2. The van der Waals surface area contributed by atoms with Gasteiger partial charge < -0.3 is 24.6 Å². The number of hydrogen-bond acceptors (Lipinski definition) is 6. The second kappa shape index (κ2) is 9.22. The molecular formula is C27H34N4O3. The third-order valence-corrected chi connectivity index (χ3v) is 7.41. The van der Waals surface area contributed by atoms with Crippen molar-refractivity contribution in [3.63, 3.8) is 0 Å². The van der Waals surface area contributed by atoms with Crippen molar-refractivity contribution in [2.45, 2.75) is 33.2 Å². The molecule has 0 saturated heterocycles. The molecule has 5 rings (SSSR count). The average molecular weight is 463 g/mol. The van der Waals surface area contributed by atoms with E-state index in [9.17, 15) is 4.79 Å². The lowest BCUT2D eigenvalue weighted by Crippen LogP contribution is -2.39. The number of fused-ring (bicyclic) bond motifs is 3. The molecule has 2 aromatic carbocycles. The van der Waals surface area contributed by atoms with E-state index in [-0.39, 0.29) is 18.7 Å². The molecule has 3 heterocycles. The van der Waals surface area contributed by atoms with Crippen molar-refractivity contribution < 1.29 is 14.3 Å². The Kier molecular flexibility index (Phi) is 6.13. The van der Waals surface area contributed by atoms with Crippen LogP contribution < -0.4 is 14.8 Å². The fourth-order valence-electron chi connectivity index (χ4n) is 5.27. The summed E-state index contributed by atoms with van der Waals surface area (Å²) in [6, 6.07) is 12.5. The summed E-state index contributed by atoms with van der Waals surface area (Å²) in [4.78, 5) is 19.5. The highest BCUT2D eigenvalue weighted by Gasteiger charge is 2.34. The topological polar surface area (TPSA) is 57.3 Å². The maximum atomic E-state index is 12.8. The summed E-state index contributed by atoms with van der Waals surface area (Å²) >= 11 is 0. The number of rotatable bonds is 6. The van der Waals surface area contributed by atoms with Crippen molar-refractivity contribution in [3.05, 3.63) is 70.0 Å². The van der Waals surface area contributed by atoms with Gasteiger partial charge in [0.2, 0.25) is 6.79 Å². The number of hydrogen-bond donors (Lipinski definition) is 1. The van der Waals surface area contributed by atoms with Crippen LogP contribution in [0.4, 0.5) is 0 Å². The summed E-state index contributed by atoms with van der Waals surface area (Å²) in [5.41, 5.74) is 6.96. The predicted octanol–water partition coefficient (Wildman–Crippen LogP) is 3.57. The Balaban J connectivity index is 1.51. The minimum Gasteiger partial charge on any atom is -0.454 e. The van der Waals surface area contributed by atoms with Crippen LogP contribution >= 0.6 is 0 Å². The van der Waals surface area contributed by atoms with Crippen LogP contribution in [0.25, 0.3) is 0 Å². The van der Waals surface area contributed by atoms with E-state index in [4.69, 9.17) is 9.47 Å². The molecule has 0 radical (unpaired) electrons. The first kappa shape index (κ1) is 22.6. The Morgan fingerprint density at radius 3 is 2.56 bits per heavy atom. The normalized spacial score (nSPS) is 19.3. The zero-order chi connectivity index (χ0) is 23.8. The maximum absolute atomic E-state index is 12.8. The van der Waals surface area contributed by atoms with Crippen molar-refractivity contribution in [2.24, 2.45) is 0 Å². The third kappa shape index (κ3) is 3.88. The van der Waals surface area contributed by atoms with E-state index >= 15 is 0 Å². The highest BCUT2D eigenvalue weighted by molar-refractivity contribution is 5.94. The van der Waals surface area contributed by atoms with Crippen LogP contribution in [-0.2, 0) is 6.42 Å². The molecule has 0 aliphatic carbocycles. The highest BCUT2D eigenvalue weighted by atomic mass is 16.7. The van der Waals surface area contributed by atoms with Gasteiger partial charge in [-0.05, 0) is 56.5 Å². The molecule has 1 unspecified atom stereocenters. The number of carbonyl (C=O) groups is 1. The molecule has 3 aliphatic rings. The highest BCUT2D eigenvalue weighted by Crippen LogP contribution is 2.45. The zero-order valence-corrected chi connectivity index (χ0v) is 20.6. The van der Waals surface area contributed by atoms with Crippen LogP contribution in [0.5, 0.6) is 11.5 Å². The molecule has 2 aromatic rings. The minimum absolute atomic E-state index is 0.0730. The maximum Gasteiger partial charge on any atom is 0.253 e. The van der Waals surface area contributed by atoms with E-state index in [0.29, 0.717) is 13.1 Å². The Hall–Kier alpha value is -3.19. The fraction of sp³-hybridized carbons (Fsp3) is 0.444. The molecule has 0 bridgehead atoms. The number of nitrogens with zero attached hydrogens (tertiary/aromatic N) is 3.